The number of nitrogens with one attached hydrogen (secondary N) is 1. The molecule has 1 atom stereocenters. The summed E-state index contributed by atoms with van der Waals surface area (Å²) in [4.78, 5) is 12.5. The summed E-state index contributed by atoms with van der Waals surface area (Å²) in [5.74, 6) is 0. The molecule has 0 bridgehead atoms. The maximum atomic E-state index is 12.5. The van der Waals surface area contributed by atoms with Crippen LogP contribution in [0.2, 0.25) is 5.04 Å². The minimum Gasteiger partial charge on any atom is -0.444 e. The van der Waals surface area contributed by atoms with Gasteiger partial charge in [0.05, 0.1) is 15.3 Å². The predicted molar refractivity (Wildman–Crippen MR) is 132 cm³/mol. The summed E-state index contributed by atoms with van der Waals surface area (Å²) in [6.07, 6.45) is 1.07. The summed E-state index contributed by atoms with van der Waals surface area (Å²) in [5.41, 5.74) is -0.700. The second kappa shape index (κ2) is 10.3. The molecule has 0 saturated heterocycles. The minimum absolute atomic E-state index is 0.185. The van der Waals surface area contributed by atoms with Crippen molar-refractivity contribution in [1.82, 2.24) is 5.32 Å². The topological polar surface area (TPSA) is 47.6 Å². The highest BCUT2D eigenvalue weighted by atomic mass is 28.4. The lowest BCUT2D eigenvalue weighted by molar-refractivity contribution is 0.0487. The average Bonchev–Trinajstić information content (AvgIpc) is 2.71. The van der Waals surface area contributed by atoms with Crippen LogP contribution in [0, 0.1) is 0 Å². The number of benzene rings is 2. The predicted octanol–water partition coefficient (Wildman–Crippen LogP) is 5.03. The molecular formula is C26H37NO3Si. The smallest absolute Gasteiger partial charge is 0.407 e. The molecule has 31 heavy (non-hydrogen) atoms. The highest BCUT2D eigenvalue weighted by Crippen LogP contribution is 2.36. The van der Waals surface area contributed by atoms with E-state index in [1.165, 1.54) is 0 Å². The molecule has 168 valence electrons. The second-order valence-electron chi connectivity index (χ2n) is 9.61. The Kier molecular flexibility index (Phi) is 7.25. The molecule has 4 nitrogen and oxygen atoms in total. The minimum atomic E-state index is -3.18. The van der Waals surface area contributed by atoms with Crippen LogP contribution in [-0.2, 0) is 9.16 Å². The van der Waals surface area contributed by atoms with Crippen LogP contribution in [0.1, 0.15) is 50.7 Å². The average molecular weight is 442 g/mol. The first kappa shape index (κ1) is 21.8. The molecule has 0 unspecified atom stereocenters. The van der Waals surface area contributed by atoms with E-state index >= 15 is 0 Å². The van der Waals surface area contributed by atoms with Crippen LogP contribution < -0.4 is 15.7 Å². The second-order valence-corrected chi connectivity index (χ2v) is 13.8. The van der Waals surface area contributed by atoms with Gasteiger partial charge in [-0.15, -0.1) is 6.58 Å². The van der Waals surface area contributed by atoms with Crippen molar-refractivity contribution in [1.29, 1.82) is 0 Å². The lowest BCUT2D eigenvalue weighted by Gasteiger charge is -2.43. The van der Waals surface area contributed by atoms with E-state index in [1.54, 1.807) is 26.8 Å². The van der Waals surface area contributed by atoms with Crippen LogP contribution in [0.25, 0.3) is 0 Å². The lowest BCUT2D eigenvalue weighted by Crippen LogP contribution is -2.67. The Morgan fingerprint density at radius 3 is 1.90 bits per heavy atom. The maximum absolute atomic E-state index is 12.5. The Morgan fingerprint density at radius 2 is 1.52 bits per heavy atom. The molecule has 0 aliphatic carbocycles. The molecule has 2 rings (SSSR count). The van der Waals surface area contributed by atoms with E-state index in [-0.39, 0.29) is 6.42 Å². The number of alkyl carbamates (subject to hydrolysis) is 1. The molecule has 0 heterocycles. The third-order valence-electron chi connectivity index (χ3n) is 4.86. The molecule has 0 fully saturated rings. The summed E-state index contributed by atoms with van der Waals surface area (Å²) in [6, 6.07) is 18.7. The van der Waals surface area contributed by atoms with Gasteiger partial charge in [0, 0.05) is 0 Å². The van der Waals surface area contributed by atoms with Gasteiger partial charge in [0.15, 0.2) is 0 Å². The zero-order valence-corrected chi connectivity index (χ0v) is 20.6. The van der Waals surface area contributed by atoms with Gasteiger partial charge in [0.2, 0.25) is 0 Å². The Bertz CT molecular complexity index is 883. The molecule has 0 aromatic heterocycles. The fourth-order valence-corrected chi connectivity index (χ4v) is 7.81. The largest absolute Gasteiger partial charge is 0.444 e. The van der Waals surface area contributed by atoms with Crippen molar-refractivity contribution in [3.05, 3.63) is 73.3 Å². The van der Waals surface area contributed by atoms with Crippen molar-refractivity contribution >= 4 is 24.8 Å². The van der Waals surface area contributed by atoms with E-state index in [4.69, 9.17) is 11.9 Å². The van der Waals surface area contributed by atoms with Gasteiger partial charge < -0.3 is 14.5 Å². The standard InChI is InChI=1S/C26H37NO3Si/c1-8-15-21(27-24(28)30-25(2,3)4)20-29-31(26(5,6)7,22-16-11-9-12-17-22)23-18-13-10-14-19-23/h8-14,16-19,21H,1,15,20H2,2-7H3,(H,27,28)/t21-/m0/s1/i20D2. The molecule has 0 aliphatic rings. The molecule has 1 N–H and O–H groups in total. The molecular weight excluding hydrogens is 402 g/mol. The summed E-state index contributed by atoms with van der Waals surface area (Å²) in [5, 5.41) is 4.19. The number of carbonyl (C=O) groups is 1. The van der Waals surface area contributed by atoms with Crippen LogP contribution in [0.15, 0.2) is 73.3 Å². The van der Waals surface area contributed by atoms with Crippen LogP contribution >= 0.6 is 0 Å². The third-order valence-corrected chi connectivity index (χ3v) is 9.69. The van der Waals surface area contributed by atoms with Crippen molar-refractivity contribution in [3.8, 4) is 0 Å². The van der Waals surface area contributed by atoms with E-state index in [0.29, 0.717) is 0 Å². The van der Waals surface area contributed by atoms with E-state index in [2.05, 4.69) is 32.7 Å². The first-order valence-electron chi connectivity index (χ1n) is 11.6. The molecule has 0 radical (unpaired) electrons. The Labute approximate surface area is 191 Å². The number of ether oxygens (including phenoxy) is 1. The zero-order chi connectivity index (χ0) is 24.9. The third kappa shape index (κ3) is 6.55. The van der Waals surface area contributed by atoms with Crippen molar-refractivity contribution < 1.29 is 16.7 Å². The molecule has 2 aromatic carbocycles. The van der Waals surface area contributed by atoms with Crippen LogP contribution in [0.4, 0.5) is 4.79 Å². The van der Waals surface area contributed by atoms with Crippen LogP contribution in [0.5, 0.6) is 0 Å². The number of hydrogen-bond donors (Lipinski definition) is 1. The van der Waals surface area contributed by atoms with Gasteiger partial charge in [-0.3, -0.25) is 0 Å². The highest BCUT2D eigenvalue weighted by Gasteiger charge is 2.50. The number of amides is 1. The molecule has 0 aliphatic heterocycles. The summed E-state index contributed by atoms with van der Waals surface area (Å²) < 4.78 is 30.1. The monoisotopic (exact) mass is 441 g/mol. The summed E-state index contributed by atoms with van der Waals surface area (Å²) in [6.45, 7) is 13.1. The number of hydrogen-bond acceptors (Lipinski definition) is 3. The fraction of sp³-hybridized carbons (Fsp3) is 0.423. The SMILES string of the molecule is [2H]C([2H])(O[Si](c1ccccc1)(c1ccccc1)C(C)(C)C)[C@H](CC=C)NC(=O)OC(C)(C)C. The molecule has 0 spiro atoms. The molecule has 0 saturated carbocycles. The van der Waals surface area contributed by atoms with E-state index < -0.39 is 37.7 Å². The summed E-state index contributed by atoms with van der Waals surface area (Å²) in [7, 11) is -3.18. The van der Waals surface area contributed by atoms with Crippen molar-refractivity contribution in [2.45, 2.75) is 64.6 Å². The Balaban J connectivity index is 2.59. The van der Waals surface area contributed by atoms with E-state index in [9.17, 15) is 4.79 Å². The first-order valence-corrected chi connectivity index (χ1v) is 12.6. The van der Waals surface area contributed by atoms with Gasteiger partial charge >= 0.3 is 6.09 Å². The van der Waals surface area contributed by atoms with Crippen molar-refractivity contribution in [2.75, 3.05) is 6.56 Å². The van der Waals surface area contributed by atoms with Gasteiger partial charge in [-0.2, -0.15) is 0 Å². The molecule has 1 amide bonds. The highest BCUT2D eigenvalue weighted by molar-refractivity contribution is 6.99. The van der Waals surface area contributed by atoms with Gasteiger partial charge in [0.25, 0.3) is 8.32 Å². The van der Waals surface area contributed by atoms with Gasteiger partial charge in [-0.1, -0.05) is 87.5 Å². The van der Waals surface area contributed by atoms with Gasteiger partial charge in [0.1, 0.15) is 5.60 Å². The first-order chi connectivity index (χ1) is 15.2. The van der Waals surface area contributed by atoms with Crippen molar-refractivity contribution in [3.63, 3.8) is 0 Å². The van der Waals surface area contributed by atoms with Crippen molar-refractivity contribution in [2.24, 2.45) is 0 Å². The quantitative estimate of drug-likeness (QED) is 0.461. The van der Waals surface area contributed by atoms with Gasteiger partial charge in [-0.25, -0.2) is 4.79 Å². The number of carbonyl (C=O) groups excluding carboxylic acids is 1. The maximum Gasteiger partial charge on any atom is 0.407 e. The molecule has 2 aromatic rings. The fourth-order valence-electron chi connectivity index (χ4n) is 3.56. The number of rotatable bonds is 8. The van der Waals surface area contributed by atoms with Crippen LogP contribution in [0.3, 0.4) is 0 Å². The van der Waals surface area contributed by atoms with Crippen LogP contribution in [-0.4, -0.2) is 32.6 Å². The van der Waals surface area contributed by atoms with E-state index in [0.717, 1.165) is 10.4 Å². The van der Waals surface area contributed by atoms with Gasteiger partial charge in [-0.05, 0) is 42.6 Å². The zero-order valence-electron chi connectivity index (χ0n) is 21.6. The molecule has 5 heteroatoms. The summed E-state index contributed by atoms with van der Waals surface area (Å²) >= 11 is 0. The Morgan fingerprint density at radius 1 is 1.03 bits per heavy atom. The normalized spacial score (nSPS) is 14.8. The van der Waals surface area contributed by atoms with E-state index in [1.807, 2.05) is 60.7 Å². The lowest BCUT2D eigenvalue weighted by atomic mass is 10.2. The Hall–Kier alpha value is -2.37.